The fourth-order valence-electron chi connectivity index (χ4n) is 4.75. The standard InChI is InChI=1S/C29H28N6O5/c36-22-11-8-19(9-12-22)29(40)35(25-6-2-4-21(32-25)10-14-26(37)38)17-18-7-13-24(30-15-18)28(39)33-23-5-1-3-20-16-31-34-27(20)23/h1-7,10,13-16,19,22,36H,8-9,11-12,17H2,(H,31,34)(H,33,39)(H,37,38). The number of aliphatic hydroxyl groups excluding tert-OH is 1. The van der Waals surface area contributed by atoms with Crippen LogP contribution in [0.15, 0.2) is 67.0 Å². The molecule has 204 valence electrons. The molecule has 4 aromatic rings. The molecule has 5 rings (SSSR count). The highest BCUT2D eigenvalue weighted by molar-refractivity contribution is 6.07. The zero-order chi connectivity index (χ0) is 28.1. The summed E-state index contributed by atoms with van der Waals surface area (Å²) >= 11 is 0. The number of carbonyl (C=O) groups is 3. The van der Waals surface area contributed by atoms with E-state index in [0.29, 0.717) is 54.0 Å². The summed E-state index contributed by atoms with van der Waals surface area (Å²) in [6, 6.07) is 13.9. The van der Waals surface area contributed by atoms with Crippen LogP contribution in [0, 0.1) is 5.92 Å². The van der Waals surface area contributed by atoms with Crippen LogP contribution in [0.25, 0.3) is 17.0 Å². The minimum atomic E-state index is -1.10. The van der Waals surface area contributed by atoms with Gasteiger partial charge in [-0.3, -0.25) is 24.6 Å². The molecule has 1 aromatic carbocycles. The van der Waals surface area contributed by atoms with E-state index in [4.69, 9.17) is 5.11 Å². The van der Waals surface area contributed by atoms with E-state index in [2.05, 4.69) is 25.5 Å². The van der Waals surface area contributed by atoms with E-state index < -0.39 is 12.1 Å². The van der Waals surface area contributed by atoms with Crippen molar-refractivity contribution in [3.63, 3.8) is 0 Å². The molecule has 3 aromatic heterocycles. The fourth-order valence-corrected chi connectivity index (χ4v) is 4.75. The van der Waals surface area contributed by atoms with Gasteiger partial charge in [-0.15, -0.1) is 0 Å². The number of carboxylic acid groups (broad SMARTS) is 1. The molecule has 1 aliphatic carbocycles. The number of carboxylic acids is 1. The molecule has 11 nitrogen and oxygen atoms in total. The van der Waals surface area contributed by atoms with Crippen molar-refractivity contribution in [2.45, 2.75) is 38.3 Å². The first-order valence-electron chi connectivity index (χ1n) is 12.9. The maximum absolute atomic E-state index is 13.7. The lowest BCUT2D eigenvalue weighted by molar-refractivity contribution is -0.131. The number of aromatic nitrogens is 4. The van der Waals surface area contributed by atoms with Crippen molar-refractivity contribution in [3.05, 3.63) is 84.0 Å². The Balaban J connectivity index is 1.36. The maximum Gasteiger partial charge on any atom is 0.328 e. The Kier molecular flexibility index (Phi) is 7.92. The highest BCUT2D eigenvalue weighted by atomic mass is 16.4. The van der Waals surface area contributed by atoms with Gasteiger partial charge in [-0.1, -0.05) is 24.3 Å². The Morgan fingerprint density at radius 3 is 2.58 bits per heavy atom. The summed E-state index contributed by atoms with van der Waals surface area (Å²) in [6.07, 6.45) is 7.41. The second-order valence-corrected chi connectivity index (χ2v) is 9.67. The number of benzene rings is 1. The van der Waals surface area contributed by atoms with Crippen molar-refractivity contribution in [2.24, 2.45) is 5.92 Å². The number of rotatable bonds is 8. The average molecular weight is 541 g/mol. The van der Waals surface area contributed by atoms with Gasteiger partial charge < -0.3 is 15.5 Å². The number of anilines is 2. The number of fused-ring (bicyclic) bond motifs is 1. The van der Waals surface area contributed by atoms with Gasteiger partial charge in [0.1, 0.15) is 11.5 Å². The van der Waals surface area contributed by atoms with Gasteiger partial charge in [0.05, 0.1) is 35.7 Å². The summed E-state index contributed by atoms with van der Waals surface area (Å²) in [4.78, 5) is 47.9. The van der Waals surface area contributed by atoms with Crippen LogP contribution in [0.3, 0.4) is 0 Å². The van der Waals surface area contributed by atoms with Gasteiger partial charge in [-0.25, -0.2) is 9.78 Å². The van der Waals surface area contributed by atoms with Crippen molar-refractivity contribution >= 4 is 46.3 Å². The number of aliphatic hydroxyl groups is 1. The molecule has 0 aliphatic heterocycles. The topological polar surface area (TPSA) is 161 Å². The van der Waals surface area contributed by atoms with Crippen molar-refractivity contribution in [2.75, 3.05) is 10.2 Å². The average Bonchev–Trinajstić information content (AvgIpc) is 3.45. The molecular weight excluding hydrogens is 512 g/mol. The molecule has 0 saturated heterocycles. The zero-order valence-corrected chi connectivity index (χ0v) is 21.5. The van der Waals surface area contributed by atoms with Gasteiger partial charge in [0.2, 0.25) is 5.91 Å². The molecule has 1 aliphatic rings. The smallest absolute Gasteiger partial charge is 0.328 e. The Hall–Kier alpha value is -4.90. The van der Waals surface area contributed by atoms with Gasteiger partial charge in [0, 0.05) is 23.6 Å². The van der Waals surface area contributed by atoms with Crippen molar-refractivity contribution < 1.29 is 24.6 Å². The quantitative estimate of drug-likeness (QED) is 0.246. The van der Waals surface area contributed by atoms with Crippen LogP contribution in [0.2, 0.25) is 0 Å². The largest absolute Gasteiger partial charge is 0.478 e. The second-order valence-electron chi connectivity index (χ2n) is 9.67. The summed E-state index contributed by atoms with van der Waals surface area (Å²) in [5.74, 6) is -1.52. The zero-order valence-electron chi connectivity index (χ0n) is 21.5. The van der Waals surface area contributed by atoms with E-state index in [9.17, 15) is 19.5 Å². The summed E-state index contributed by atoms with van der Waals surface area (Å²) in [7, 11) is 0. The highest BCUT2D eigenvalue weighted by Crippen LogP contribution is 2.29. The second kappa shape index (κ2) is 11.9. The predicted molar refractivity (Wildman–Crippen MR) is 148 cm³/mol. The predicted octanol–water partition coefficient (Wildman–Crippen LogP) is 3.79. The van der Waals surface area contributed by atoms with Gasteiger partial charge in [0.25, 0.3) is 5.91 Å². The number of para-hydroxylation sites is 1. The lowest BCUT2D eigenvalue weighted by Gasteiger charge is -2.30. The minimum Gasteiger partial charge on any atom is -0.478 e. The highest BCUT2D eigenvalue weighted by Gasteiger charge is 2.30. The number of nitrogens with one attached hydrogen (secondary N) is 2. The van der Waals surface area contributed by atoms with Gasteiger partial charge in [0.15, 0.2) is 0 Å². The summed E-state index contributed by atoms with van der Waals surface area (Å²) < 4.78 is 0. The third-order valence-electron chi connectivity index (χ3n) is 6.86. The van der Waals surface area contributed by atoms with Crippen LogP contribution < -0.4 is 10.2 Å². The number of pyridine rings is 2. The number of H-pyrrole nitrogens is 1. The van der Waals surface area contributed by atoms with E-state index in [1.165, 1.54) is 6.08 Å². The number of hydrogen-bond donors (Lipinski definition) is 4. The molecule has 11 heteroatoms. The lowest BCUT2D eigenvalue weighted by atomic mass is 9.86. The van der Waals surface area contributed by atoms with E-state index in [-0.39, 0.29) is 30.0 Å². The normalized spacial score (nSPS) is 17.1. The fraction of sp³-hybridized carbons (Fsp3) is 0.241. The van der Waals surface area contributed by atoms with E-state index in [0.717, 1.165) is 11.5 Å². The number of aliphatic carboxylic acids is 1. The SMILES string of the molecule is O=C(O)C=Cc1cccc(N(Cc2ccc(C(=O)Nc3cccc4cn[nH]c34)nc2)C(=O)C2CCC(O)CC2)n1. The van der Waals surface area contributed by atoms with Crippen LogP contribution >= 0.6 is 0 Å². The van der Waals surface area contributed by atoms with Gasteiger partial charge in [-0.2, -0.15) is 5.10 Å². The van der Waals surface area contributed by atoms with Crippen molar-refractivity contribution in [1.82, 2.24) is 20.2 Å². The molecule has 0 radical (unpaired) electrons. The van der Waals surface area contributed by atoms with E-state index in [1.807, 2.05) is 12.1 Å². The summed E-state index contributed by atoms with van der Waals surface area (Å²) in [5, 5.41) is 29.5. The molecule has 0 spiro atoms. The van der Waals surface area contributed by atoms with Gasteiger partial charge >= 0.3 is 5.97 Å². The van der Waals surface area contributed by atoms with Crippen LogP contribution in [-0.4, -0.2) is 54.3 Å². The summed E-state index contributed by atoms with van der Waals surface area (Å²) in [5.41, 5.74) is 2.59. The molecular formula is C29H28N6O5. The molecule has 0 bridgehead atoms. The van der Waals surface area contributed by atoms with Crippen LogP contribution in [0.1, 0.15) is 47.4 Å². The third kappa shape index (κ3) is 6.21. The molecule has 0 unspecified atom stereocenters. The molecule has 40 heavy (non-hydrogen) atoms. The molecule has 4 N–H and O–H groups in total. The van der Waals surface area contributed by atoms with E-state index >= 15 is 0 Å². The van der Waals surface area contributed by atoms with Crippen LogP contribution in [0.4, 0.5) is 11.5 Å². The number of hydrogen-bond acceptors (Lipinski definition) is 7. The van der Waals surface area contributed by atoms with E-state index in [1.54, 1.807) is 53.7 Å². The first-order valence-corrected chi connectivity index (χ1v) is 12.9. The maximum atomic E-state index is 13.7. The van der Waals surface area contributed by atoms with Gasteiger partial charge in [-0.05, 0) is 61.6 Å². The number of nitrogens with zero attached hydrogens (tertiary/aromatic N) is 4. The Bertz CT molecular complexity index is 1560. The number of aromatic amines is 1. The summed E-state index contributed by atoms with van der Waals surface area (Å²) in [6.45, 7) is 0.152. The van der Waals surface area contributed by atoms with Crippen LogP contribution in [0.5, 0.6) is 0 Å². The lowest BCUT2D eigenvalue weighted by Crippen LogP contribution is -2.38. The molecule has 2 amide bonds. The molecule has 1 fully saturated rings. The first-order chi connectivity index (χ1) is 19.4. The third-order valence-corrected chi connectivity index (χ3v) is 6.86. The Labute approximate surface area is 229 Å². The van der Waals surface area contributed by atoms with Crippen LogP contribution in [-0.2, 0) is 16.1 Å². The Morgan fingerprint density at radius 1 is 1.02 bits per heavy atom. The van der Waals surface area contributed by atoms with Crippen molar-refractivity contribution in [3.8, 4) is 0 Å². The Morgan fingerprint density at radius 2 is 1.82 bits per heavy atom. The number of carbonyl (C=O) groups excluding carboxylic acids is 2. The molecule has 1 saturated carbocycles. The molecule has 3 heterocycles. The minimum absolute atomic E-state index is 0.131. The molecule has 0 atom stereocenters. The first kappa shape index (κ1) is 26.7. The van der Waals surface area contributed by atoms with Crippen molar-refractivity contribution in [1.29, 1.82) is 0 Å². The monoisotopic (exact) mass is 540 g/mol. The number of amides is 2.